The van der Waals surface area contributed by atoms with Crippen molar-refractivity contribution in [1.82, 2.24) is 4.90 Å². The predicted molar refractivity (Wildman–Crippen MR) is 105 cm³/mol. The average molecular weight is 417 g/mol. The lowest BCUT2D eigenvalue weighted by atomic mass is 10.2. The molecule has 2 heterocycles. The number of anilines is 1. The molecule has 0 unspecified atom stereocenters. The topological polar surface area (TPSA) is 84.9 Å². The van der Waals surface area contributed by atoms with Gasteiger partial charge in [0.2, 0.25) is 12.7 Å². The Kier molecular flexibility index (Phi) is 4.97. The molecule has 0 radical (unpaired) electrons. The number of fused-ring (bicyclic) bond motifs is 1. The third-order valence-corrected chi connectivity index (χ3v) is 5.12. The third-order valence-electron chi connectivity index (χ3n) is 3.98. The van der Waals surface area contributed by atoms with Crippen LogP contribution in [0.1, 0.15) is 5.56 Å². The molecule has 28 heavy (non-hydrogen) atoms. The number of hydrogen-bond donors (Lipinski definition) is 1. The first-order valence-electron chi connectivity index (χ1n) is 8.20. The highest BCUT2D eigenvalue weighted by molar-refractivity contribution is 8.18. The maximum atomic E-state index is 12.5. The number of halogens is 1. The van der Waals surface area contributed by atoms with Crippen LogP contribution >= 0.6 is 23.4 Å². The minimum absolute atomic E-state index is 0.127. The fourth-order valence-corrected chi connectivity index (χ4v) is 3.74. The highest BCUT2D eigenvalue weighted by Crippen LogP contribution is 2.35. The largest absolute Gasteiger partial charge is 0.454 e. The highest BCUT2D eigenvalue weighted by atomic mass is 35.5. The van der Waals surface area contributed by atoms with E-state index in [1.165, 1.54) is 0 Å². The van der Waals surface area contributed by atoms with E-state index >= 15 is 0 Å². The smallest absolute Gasteiger partial charge is 0.294 e. The van der Waals surface area contributed by atoms with E-state index in [4.69, 9.17) is 21.1 Å². The monoisotopic (exact) mass is 416 g/mol. The van der Waals surface area contributed by atoms with Crippen molar-refractivity contribution in [3.63, 3.8) is 0 Å². The van der Waals surface area contributed by atoms with Gasteiger partial charge in [-0.1, -0.05) is 23.7 Å². The molecule has 2 aromatic rings. The number of ether oxygens (including phenoxy) is 2. The van der Waals surface area contributed by atoms with Crippen molar-refractivity contribution < 1.29 is 23.9 Å². The van der Waals surface area contributed by atoms with Crippen LogP contribution in [0.15, 0.2) is 47.4 Å². The summed E-state index contributed by atoms with van der Waals surface area (Å²) in [6.45, 7) is -0.255. The zero-order valence-corrected chi connectivity index (χ0v) is 15.9. The SMILES string of the molecule is O=C(CN1C(=O)S/C(=C/c2cccc(Cl)c2)C1=O)Nc1ccc2c(c1)OCO2. The number of thioether (sulfide) groups is 1. The molecule has 2 aliphatic rings. The van der Waals surface area contributed by atoms with Crippen LogP contribution in [0.2, 0.25) is 5.02 Å². The van der Waals surface area contributed by atoms with Gasteiger partial charge in [-0.25, -0.2) is 0 Å². The molecule has 2 aliphatic heterocycles. The molecule has 0 aromatic heterocycles. The summed E-state index contributed by atoms with van der Waals surface area (Å²) in [4.78, 5) is 38.1. The Morgan fingerprint density at radius 1 is 1.18 bits per heavy atom. The number of imide groups is 1. The van der Waals surface area contributed by atoms with Crippen molar-refractivity contribution in [2.45, 2.75) is 0 Å². The number of amides is 3. The molecule has 142 valence electrons. The standard InChI is InChI=1S/C19H13ClN2O5S/c20-12-3-1-2-11(6-12)7-16-18(24)22(19(25)28-16)9-17(23)21-13-4-5-14-15(8-13)27-10-26-14/h1-8H,9-10H2,(H,21,23)/b16-7+. The summed E-state index contributed by atoms with van der Waals surface area (Å²) in [5.41, 5.74) is 1.18. The molecular formula is C19H13ClN2O5S. The van der Waals surface area contributed by atoms with Crippen LogP contribution in [0.5, 0.6) is 11.5 Å². The number of rotatable bonds is 4. The van der Waals surface area contributed by atoms with E-state index in [0.717, 1.165) is 16.7 Å². The summed E-state index contributed by atoms with van der Waals surface area (Å²) >= 11 is 6.72. The van der Waals surface area contributed by atoms with Crippen LogP contribution in [-0.4, -0.2) is 35.3 Å². The predicted octanol–water partition coefficient (Wildman–Crippen LogP) is 3.74. The van der Waals surface area contributed by atoms with Crippen LogP contribution in [0, 0.1) is 0 Å². The molecule has 0 saturated carbocycles. The van der Waals surface area contributed by atoms with Crippen molar-refractivity contribution in [1.29, 1.82) is 0 Å². The van der Waals surface area contributed by atoms with Crippen LogP contribution < -0.4 is 14.8 Å². The van der Waals surface area contributed by atoms with E-state index in [9.17, 15) is 14.4 Å². The van der Waals surface area contributed by atoms with E-state index in [-0.39, 0.29) is 18.2 Å². The fourth-order valence-electron chi connectivity index (χ4n) is 2.70. The second-order valence-electron chi connectivity index (χ2n) is 5.94. The minimum Gasteiger partial charge on any atom is -0.454 e. The number of benzene rings is 2. The van der Waals surface area contributed by atoms with Crippen molar-refractivity contribution in [2.75, 3.05) is 18.7 Å². The van der Waals surface area contributed by atoms with Crippen LogP contribution in [-0.2, 0) is 9.59 Å². The van der Waals surface area contributed by atoms with E-state index in [0.29, 0.717) is 27.8 Å². The lowest BCUT2D eigenvalue weighted by molar-refractivity contribution is -0.127. The molecule has 9 heteroatoms. The summed E-state index contributed by atoms with van der Waals surface area (Å²) in [7, 11) is 0. The van der Waals surface area contributed by atoms with Crippen molar-refractivity contribution in [3.8, 4) is 11.5 Å². The summed E-state index contributed by atoms with van der Waals surface area (Å²) < 4.78 is 10.5. The molecule has 0 aliphatic carbocycles. The van der Waals surface area contributed by atoms with Gasteiger partial charge >= 0.3 is 0 Å². The second-order valence-corrected chi connectivity index (χ2v) is 7.37. The van der Waals surface area contributed by atoms with Crippen molar-refractivity contribution >= 4 is 52.2 Å². The van der Waals surface area contributed by atoms with E-state index in [1.54, 1.807) is 48.5 Å². The van der Waals surface area contributed by atoms with Gasteiger partial charge in [-0.15, -0.1) is 0 Å². The van der Waals surface area contributed by atoms with Crippen molar-refractivity contribution in [2.24, 2.45) is 0 Å². The second kappa shape index (κ2) is 7.57. The Balaban J connectivity index is 1.43. The zero-order valence-electron chi connectivity index (χ0n) is 14.3. The zero-order chi connectivity index (χ0) is 19.7. The first-order valence-corrected chi connectivity index (χ1v) is 9.39. The molecule has 2 aromatic carbocycles. The van der Waals surface area contributed by atoms with Gasteiger partial charge in [0, 0.05) is 16.8 Å². The molecule has 1 fully saturated rings. The van der Waals surface area contributed by atoms with Gasteiger partial charge in [0.1, 0.15) is 6.54 Å². The highest BCUT2D eigenvalue weighted by Gasteiger charge is 2.36. The van der Waals surface area contributed by atoms with Crippen LogP contribution in [0.25, 0.3) is 6.08 Å². The lowest BCUT2D eigenvalue weighted by Gasteiger charge is -2.12. The summed E-state index contributed by atoms with van der Waals surface area (Å²) in [6, 6.07) is 11.9. The van der Waals surface area contributed by atoms with E-state index in [1.807, 2.05) is 0 Å². The Hall–Kier alpha value is -2.97. The lowest BCUT2D eigenvalue weighted by Crippen LogP contribution is -2.36. The molecule has 7 nitrogen and oxygen atoms in total. The van der Waals surface area contributed by atoms with Gasteiger partial charge in [-0.05, 0) is 47.7 Å². The Labute approximate surface area is 169 Å². The average Bonchev–Trinajstić information content (AvgIpc) is 3.21. The molecule has 3 amide bonds. The molecule has 0 spiro atoms. The number of carbonyl (C=O) groups is 3. The third kappa shape index (κ3) is 3.83. The number of carbonyl (C=O) groups excluding carboxylic acids is 3. The maximum absolute atomic E-state index is 12.5. The molecule has 4 rings (SSSR count). The van der Waals surface area contributed by atoms with Gasteiger partial charge in [0.15, 0.2) is 11.5 Å². The number of nitrogens with one attached hydrogen (secondary N) is 1. The van der Waals surface area contributed by atoms with Crippen LogP contribution in [0.4, 0.5) is 10.5 Å². The van der Waals surface area contributed by atoms with Crippen LogP contribution in [0.3, 0.4) is 0 Å². The molecule has 1 saturated heterocycles. The first kappa shape index (κ1) is 18.4. The summed E-state index contributed by atoms with van der Waals surface area (Å²) in [6.07, 6.45) is 1.58. The van der Waals surface area contributed by atoms with Gasteiger partial charge in [0.25, 0.3) is 11.1 Å². The minimum atomic E-state index is -0.518. The quantitative estimate of drug-likeness (QED) is 0.764. The number of nitrogens with zero attached hydrogens (tertiary/aromatic N) is 1. The van der Waals surface area contributed by atoms with E-state index < -0.39 is 17.1 Å². The molecule has 0 atom stereocenters. The molecule has 0 bridgehead atoms. The maximum Gasteiger partial charge on any atom is 0.294 e. The Morgan fingerprint density at radius 2 is 2.00 bits per heavy atom. The summed E-state index contributed by atoms with van der Waals surface area (Å²) in [5.74, 6) is 0.101. The van der Waals surface area contributed by atoms with Gasteiger partial charge < -0.3 is 14.8 Å². The van der Waals surface area contributed by atoms with E-state index in [2.05, 4.69) is 5.32 Å². The van der Waals surface area contributed by atoms with Gasteiger partial charge in [0.05, 0.1) is 4.91 Å². The molecular weight excluding hydrogens is 404 g/mol. The normalized spacial score (nSPS) is 16.8. The van der Waals surface area contributed by atoms with Crippen molar-refractivity contribution in [3.05, 3.63) is 58.0 Å². The van der Waals surface area contributed by atoms with Gasteiger partial charge in [-0.2, -0.15) is 0 Å². The number of hydrogen-bond acceptors (Lipinski definition) is 6. The Bertz CT molecular complexity index is 1020. The van der Waals surface area contributed by atoms with Gasteiger partial charge in [-0.3, -0.25) is 19.3 Å². The molecule has 1 N–H and O–H groups in total. The fraction of sp³-hybridized carbons (Fsp3) is 0.105. The Morgan fingerprint density at radius 3 is 2.82 bits per heavy atom. The first-order chi connectivity index (χ1) is 13.5. The summed E-state index contributed by atoms with van der Waals surface area (Å²) in [5, 5.41) is 2.67.